The highest BCUT2D eigenvalue weighted by Gasteiger charge is 2.51. The third kappa shape index (κ3) is 7.65. The van der Waals surface area contributed by atoms with Gasteiger partial charge in [0.15, 0.2) is 34.2 Å². The molecule has 270 valence electrons. The highest BCUT2D eigenvalue weighted by Crippen LogP contribution is 2.48. The van der Waals surface area contributed by atoms with E-state index in [2.05, 4.69) is 0 Å². The van der Waals surface area contributed by atoms with E-state index in [1.54, 1.807) is 0 Å². The van der Waals surface area contributed by atoms with Crippen LogP contribution in [0.3, 0.4) is 0 Å². The normalized spacial score (nSPS) is 29.9. The molecule has 0 bridgehead atoms. The Morgan fingerprint density at radius 1 is 0.600 bits per heavy atom. The Bertz CT molecular complexity index is 1610. The number of ether oxygens (including phenoxy) is 2. The van der Waals surface area contributed by atoms with Crippen LogP contribution in [0.4, 0.5) is 0 Å². The monoisotopic (exact) mass is 706 g/mol. The lowest BCUT2D eigenvalue weighted by molar-refractivity contribution is -0.196. The number of carboxylic acid groups (broad SMARTS) is 2. The van der Waals surface area contributed by atoms with Crippen LogP contribution in [0.1, 0.15) is 36.8 Å². The fourth-order valence-corrected chi connectivity index (χ4v) is 5.76. The summed E-state index contributed by atoms with van der Waals surface area (Å²) >= 11 is 0. The lowest BCUT2D eigenvalue weighted by atomic mass is 9.79. The SMILES string of the molecule is O=C(/C=C/c1ccc(O)c(O)c1-c1c(/C=C/C(=O)O[C@@H]2C[C@](O)(C(=O)O)C[C@@H](O)[C@H]2O)ccc(O)c1O)O[C@@H]1C[C@](O)(C(=O)O)C[C@@H](O)[C@H]1O. The molecule has 2 aromatic rings. The number of carbonyl (C=O) groups excluding carboxylic acids is 2. The number of hydrogen-bond donors (Lipinski definition) is 12. The molecule has 8 atom stereocenters. The van der Waals surface area contributed by atoms with E-state index in [1.165, 1.54) is 0 Å². The number of aliphatic carboxylic acids is 2. The van der Waals surface area contributed by atoms with Gasteiger partial charge in [-0.2, -0.15) is 0 Å². The van der Waals surface area contributed by atoms with Gasteiger partial charge in [-0.05, 0) is 35.4 Å². The number of esters is 2. The number of rotatable bonds is 9. The van der Waals surface area contributed by atoms with Crippen LogP contribution in [0.2, 0.25) is 0 Å². The molecule has 0 spiro atoms. The van der Waals surface area contributed by atoms with E-state index in [0.29, 0.717) is 0 Å². The van der Waals surface area contributed by atoms with Gasteiger partial charge in [-0.1, -0.05) is 12.1 Å². The molecule has 0 unspecified atom stereocenters. The highest BCUT2D eigenvalue weighted by atomic mass is 16.6. The summed E-state index contributed by atoms with van der Waals surface area (Å²) in [6, 6.07) is 4.29. The van der Waals surface area contributed by atoms with Gasteiger partial charge in [-0.15, -0.1) is 0 Å². The van der Waals surface area contributed by atoms with Crippen molar-refractivity contribution in [2.75, 3.05) is 0 Å². The Balaban J connectivity index is 1.64. The zero-order valence-corrected chi connectivity index (χ0v) is 25.7. The first-order valence-electron chi connectivity index (χ1n) is 14.8. The van der Waals surface area contributed by atoms with Crippen molar-refractivity contribution in [3.8, 4) is 34.1 Å². The van der Waals surface area contributed by atoms with Crippen LogP contribution in [-0.2, 0) is 28.7 Å². The number of aliphatic hydroxyl groups is 6. The zero-order chi connectivity index (χ0) is 37.3. The minimum atomic E-state index is -2.51. The second-order valence-electron chi connectivity index (χ2n) is 12.0. The minimum Gasteiger partial charge on any atom is -0.504 e. The third-order valence-corrected chi connectivity index (χ3v) is 8.48. The Labute approximate surface area is 281 Å². The first-order valence-corrected chi connectivity index (χ1v) is 14.8. The number of aromatic hydroxyl groups is 4. The maximum absolute atomic E-state index is 12.7. The van der Waals surface area contributed by atoms with Crippen molar-refractivity contribution in [2.45, 2.75) is 73.5 Å². The van der Waals surface area contributed by atoms with Crippen LogP contribution in [0.5, 0.6) is 23.0 Å². The predicted octanol–water partition coefficient (Wildman–Crippen LogP) is -1.31. The Morgan fingerprint density at radius 2 is 0.940 bits per heavy atom. The number of benzene rings is 2. The topological polar surface area (TPSA) is 330 Å². The van der Waals surface area contributed by atoms with Crippen LogP contribution in [0.15, 0.2) is 36.4 Å². The predicted molar refractivity (Wildman–Crippen MR) is 164 cm³/mol. The van der Waals surface area contributed by atoms with Crippen molar-refractivity contribution in [1.82, 2.24) is 0 Å². The highest BCUT2D eigenvalue weighted by molar-refractivity contribution is 5.96. The van der Waals surface area contributed by atoms with Crippen molar-refractivity contribution >= 4 is 36.0 Å². The zero-order valence-electron chi connectivity index (χ0n) is 25.7. The lowest BCUT2D eigenvalue weighted by Crippen LogP contribution is -2.57. The molecule has 0 aliphatic heterocycles. The van der Waals surface area contributed by atoms with Crippen LogP contribution >= 0.6 is 0 Å². The van der Waals surface area contributed by atoms with E-state index in [-0.39, 0.29) is 11.1 Å². The van der Waals surface area contributed by atoms with Gasteiger partial charge >= 0.3 is 23.9 Å². The van der Waals surface area contributed by atoms with Gasteiger partial charge in [-0.3, -0.25) is 0 Å². The molecule has 2 aliphatic carbocycles. The molecule has 2 aromatic carbocycles. The quantitative estimate of drug-likeness (QED) is 0.0818. The lowest BCUT2D eigenvalue weighted by Gasteiger charge is -2.39. The van der Waals surface area contributed by atoms with Crippen molar-refractivity contribution in [3.63, 3.8) is 0 Å². The van der Waals surface area contributed by atoms with Crippen molar-refractivity contribution in [1.29, 1.82) is 0 Å². The van der Waals surface area contributed by atoms with E-state index < -0.39 is 132 Å². The number of hydrogen-bond acceptors (Lipinski definition) is 16. The van der Waals surface area contributed by atoms with Gasteiger partial charge in [0.2, 0.25) is 0 Å². The molecule has 0 aromatic heterocycles. The summed E-state index contributed by atoms with van der Waals surface area (Å²) in [6.07, 6.45) is -9.85. The van der Waals surface area contributed by atoms with E-state index in [1.807, 2.05) is 0 Å². The number of carbonyl (C=O) groups is 4. The summed E-state index contributed by atoms with van der Waals surface area (Å²) in [5.74, 6) is -9.12. The summed E-state index contributed by atoms with van der Waals surface area (Å²) in [7, 11) is 0. The van der Waals surface area contributed by atoms with E-state index in [0.717, 1.165) is 48.6 Å². The Hall–Kier alpha value is -5.24. The summed E-state index contributed by atoms with van der Waals surface area (Å²) in [5, 5.41) is 122. The summed E-state index contributed by atoms with van der Waals surface area (Å²) < 4.78 is 10.1. The molecule has 0 radical (unpaired) electrons. The van der Waals surface area contributed by atoms with Crippen molar-refractivity contribution in [3.05, 3.63) is 47.5 Å². The minimum absolute atomic E-state index is 0.131. The largest absolute Gasteiger partial charge is 0.504 e. The molecule has 50 heavy (non-hydrogen) atoms. The van der Waals surface area contributed by atoms with Gasteiger partial charge in [0, 0.05) is 49.0 Å². The van der Waals surface area contributed by atoms with Crippen molar-refractivity contribution < 1.29 is 89.9 Å². The van der Waals surface area contributed by atoms with E-state index in [9.17, 15) is 80.5 Å². The second kappa shape index (κ2) is 14.3. The third-order valence-electron chi connectivity index (χ3n) is 8.48. The van der Waals surface area contributed by atoms with Crippen LogP contribution in [0.25, 0.3) is 23.3 Å². The summed E-state index contributed by atoms with van der Waals surface area (Å²) in [5.41, 5.74) is -6.11. The second-order valence-corrected chi connectivity index (χ2v) is 12.0. The van der Waals surface area contributed by atoms with Crippen molar-refractivity contribution in [2.24, 2.45) is 0 Å². The molecule has 4 rings (SSSR count). The maximum atomic E-state index is 12.7. The molecule has 2 fully saturated rings. The van der Waals surface area contributed by atoms with Crippen LogP contribution in [0, 0.1) is 0 Å². The van der Waals surface area contributed by atoms with Gasteiger partial charge < -0.3 is 70.8 Å². The molecule has 2 saturated carbocycles. The average Bonchev–Trinajstić information content (AvgIpc) is 3.03. The van der Waals surface area contributed by atoms with Crippen LogP contribution in [-0.4, -0.2) is 133 Å². The Kier molecular flexibility index (Phi) is 10.8. The van der Waals surface area contributed by atoms with E-state index in [4.69, 9.17) is 9.47 Å². The smallest absolute Gasteiger partial charge is 0.335 e. The molecular weight excluding hydrogens is 672 g/mol. The Morgan fingerprint density at radius 3 is 1.26 bits per heavy atom. The molecular formula is C32H34O18. The molecule has 0 amide bonds. The van der Waals surface area contributed by atoms with Gasteiger partial charge in [-0.25, -0.2) is 19.2 Å². The first-order chi connectivity index (χ1) is 23.3. The van der Waals surface area contributed by atoms with E-state index >= 15 is 0 Å². The molecule has 18 heteroatoms. The summed E-state index contributed by atoms with van der Waals surface area (Å²) in [4.78, 5) is 48.3. The number of carboxylic acids is 2. The molecule has 0 saturated heterocycles. The number of phenolic OH excluding ortho intramolecular Hbond substituents is 4. The standard InChI is InChI=1S/C32H34O18/c33-15-5-1-13(3-7-21(37)49-19-11-31(47,29(43)44)9-17(35)25(19)39)23(27(15)41)24-14(2-6-16(34)28(24)42)4-8-22(38)50-20-12-32(48,30(45)46)10-18(36)26(20)40/h1-8,17-20,25-26,33-36,39-42,47-48H,9-12H2,(H,43,44)(H,45,46)/b7-3+,8-4+/t17-,18-,19-,20-,25-,26-,31+,32+/m1/s1. The molecule has 18 nitrogen and oxygen atoms in total. The molecule has 0 heterocycles. The number of aliphatic hydroxyl groups excluding tert-OH is 4. The van der Waals surface area contributed by atoms with Gasteiger partial charge in [0.25, 0.3) is 0 Å². The molecule has 12 N–H and O–H groups in total. The van der Waals surface area contributed by atoms with Gasteiger partial charge in [0.05, 0.1) is 12.2 Å². The average molecular weight is 707 g/mol. The number of phenols is 4. The first kappa shape index (κ1) is 37.6. The van der Waals surface area contributed by atoms with Crippen LogP contribution < -0.4 is 0 Å². The maximum Gasteiger partial charge on any atom is 0.335 e. The van der Waals surface area contributed by atoms with Gasteiger partial charge in [0.1, 0.15) is 24.4 Å². The fourth-order valence-electron chi connectivity index (χ4n) is 5.76. The fraction of sp³-hybridized carbons (Fsp3) is 0.375. The summed E-state index contributed by atoms with van der Waals surface area (Å²) in [6.45, 7) is 0. The molecule has 2 aliphatic rings.